The lowest BCUT2D eigenvalue weighted by Gasteiger charge is -2.07. The number of carbonyl (C=O) groups excluding carboxylic acids is 1. The van der Waals surface area contributed by atoms with Crippen LogP contribution < -0.4 is 16.4 Å². The lowest BCUT2D eigenvalue weighted by Crippen LogP contribution is -2.19. The van der Waals surface area contributed by atoms with Crippen LogP contribution in [0.1, 0.15) is 0 Å². The molecule has 0 unspecified atom stereocenters. The van der Waals surface area contributed by atoms with E-state index in [1.165, 1.54) is 0 Å². The predicted octanol–water partition coefficient (Wildman–Crippen LogP) is 3.15. The van der Waals surface area contributed by atoms with Gasteiger partial charge in [0.05, 0.1) is 0 Å². The highest BCUT2D eigenvalue weighted by Crippen LogP contribution is 2.11. The summed E-state index contributed by atoms with van der Waals surface area (Å²) in [5.41, 5.74) is 7.58. The fraction of sp³-hybridized carbons (Fsp3) is 0. The summed E-state index contributed by atoms with van der Waals surface area (Å²) >= 11 is 0. The molecule has 5 nitrogen and oxygen atoms in total. The van der Waals surface area contributed by atoms with E-state index in [0.717, 1.165) is 0 Å². The van der Waals surface area contributed by atoms with Gasteiger partial charge in [-0.1, -0.05) is 0 Å². The van der Waals surface area contributed by atoms with Gasteiger partial charge in [-0.15, -0.1) is 24.8 Å². The molecule has 0 aliphatic carbocycles. The molecule has 0 atom stereocenters. The van der Waals surface area contributed by atoms with E-state index >= 15 is 0 Å². The second-order valence-electron chi connectivity index (χ2n) is 3.44. The number of nitrogens with zero attached hydrogens (tertiary/aromatic N) is 1. The third-order valence-electron chi connectivity index (χ3n) is 2.11. The Hall–Kier alpha value is -1.98. The Morgan fingerprint density at radius 1 is 0.895 bits per heavy atom. The van der Waals surface area contributed by atoms with Gasteiger partial charge in [0.25, 0.3) is 0 Å². The molecule has 4 N–H and O–H groups in total. The van der Waals surface area contributed by atoms with Crippen LogP contribution in [0, 0.1) is 0 Å². The molecule has 0 aliphatic heterocycles. The van der Waals surface area contributed by atoms with E-state index in [9.17, 15) is 4.79 Å². The lowest BCUT2D eigenvalue weighted by atomic mass is 10.3. The number of benzene rings is 1. The molecule has 1 aromatic heterocycles. The first kappa shape index (κ1) is 17.0. The van der Waals surface area contributed by atoms with E-state index in [-0.39, 0.29) is 30.8 Å². The predicted molar refractivity (Wildman–Crippen MR) is 82.2 cm³/mol. The monoisotopic (exact) mass is 300 g/mol. The Labute approximate surface area is 123 Å². The van der Waals surface area contributed by atoms with Gasteiger partial charge < -0.3 is 16.4 Å². The topological polar surface area (TPSA) is 80.0 Å². The molecule has 1 aromatic carbocycles. The number of aromatic nitrogens is 1. The number of hydrogen-bond acceptors (Lipinski definition) is 3. The first-order valence-corrected chi connectivity index (χ1v) is 5.07. The largest absolute Gasteiger partial charge is 0.399 e. The van der Waals surface area contributed by atoms with Crippen LogP contribution in [0.15, 0.2) is 48.8 Å². The molecule has 2 rings (SSSR count). The van der Waals surface area contributed by atoms with E-state index in [0.29, 0.717) is 17.1 Å². The second-order valence-corrected chi connectivity index (χ2v) is 3.44. The maximum Gasteiger partial charge on any atom is 0.323 e. The maximum absolute atomic E-state index is 11.6. The number of anilines is 3. The van der Waals surface area contributed by atoms with Gasteiger partial charge in [0.15, 0.2) is 0 Å². The van der Waals surface area contributed by atoms with Crippen molar-refractivity contribution in [1.82, 2.24) is 4.98 Å². The quantitative estimate of drug-likeness (QED) is 0.745. The molecule has 2 amide bonds. The van der Waals surface area contributed by atoms with E-state index < -0.39 is 0 Å². The SMILES string of the molecule is Cl.Cl.Nc1ccc(NC(=O)Nc2ccncc2)cc1. The average molecular weight is 301 g/mol. The summed E-state index contributed by atoms with van der Waals surface area (Å²) in [4.78, 5) is 15.5. The fourth-order valence-corrected chi connectivity index (χ4v) is 1.30. The molecule has 0 radical (unpaired) electrons. The highest BCUT2D eigenvalue weighted by atomic mass is 35.5. The molecule has 0 saturated carbocycles. The van der Waals surface area contributed by atoms with Crippen molar-refractivity contribution in [2.75, 3.05) is 16.4 Å². The van der Waals surface area contributed by atoms with Gasteiger partial charge in [-0.2, -0.15) is 0 Å². The van der Waals surface area contributed by atoms with Crippen molar-refractivity contribution >= 4 is 47.9 Å². The molecule has 0 saturated heterocycles. The minimum absolute atomic E-state index is 0. The molecule has 1 heterocycles. The molecule has 0 spiro atoms. The minimum Gasteiger partial charge on any atom is -0.399 e. The highest BCUT2D eigenvalue weighted by molar-refractivity contribution is 5.99. The third kappa shape index (κ3) is 5.46. The molecule has 102 valence electrons. The first-order valence-electron chi connectivity index (χ1n) is 5.07. The Balaban J connectivity index is 0.00000162. The number of rotatable bonds is 2. The molecular weight excluding hydrogens is 287 g/mol. The Kier molecular flexibility index (Phi) is 7.33. The van der Waals surface area contributed by atoms with E-state index in [4.69, 9.17) is 5.73 Å². The van der Waals surface area contributed by atoms with Crippen LogP contribution in [0.3, 0.4) is 0 Å². The van der Waals surface area contributed by atoms with Crippen molar-refractivity contribution in [2.24, 2.45) is 0 Å². The van der Waals surface area contributed by atoms with Gasteiger partial charge in [0.2, 0.25) is 0 Å². The Morgan fingerprint density at radius 3 is 1.89 bits per heavy atom. The van der Waals surface area contributed by atoms with Crippen LogP contribution in [0.25, 0.3) is 0 Å². The van der Waals surface area contributed by atoms with Crippen molar-refractivity contribution in [3.8, 4) is 0 Å². The maximum atomic E-state index is 11.6. The first-order chi connectivity index (χ1) is 8.24. The zero-order valence-corrected chi connectivity index (χ0v) is 11.5. The summed E-state index contributed by atoms with van der Waals surface area (Å²) < 4.78 is 0. The van der Waals surface area contributed by atoms with Crippen LogP contribution in [0.4, 0.5) is 21.9 Å². The van der Waals surface area contributed by atoms with Gasteiger partial charge in [0.1, 0.15) is 0 Å². The second kappa shape index (κ2) is 8.18. The van der Waals surface area contributed by atoms with Crippen molar-refractivity contribution in [2.45, 2.75) is 0 Å². The number of hydrogen-bond donors (Lipinski definition) is 3. The number of nitrogen functional groups attached to an aromatic ring is 1. The number of pyridine rings is 1. The zero-order chi connectivity index (χ0) is 12.1. The highest BCUT2D eigenvalue weighted by Gasteiger charge is 2.01. The van der Waals surface area contributed by atoms with Crippen LogP contribution >= 0.6 is 24.8 Å². The summed E-state index contributed by atoms with van der Waals surface area (Å²) in [7, 11) is 0. The van der Waals surface area contributed by atoms with E-state index in [2.05, 4.69) is 15.6 Å². The number of carbonyl (C=O) groups is 1. The Morgan fingerprint density at radius 2 is 1.37 bits per heavy atom. The third-order valence-corrected chi connectivity index (χ3v) is 2.11. The van der Waals surface area contributed by atoms with Gasteiger partial charge in [-0.3, -0.25) is 4.98 Å². The summed E-state index contributed by atoms with van der Waals surface area (Å²) in [6.45, 7) is 0. The number of halogens is 2. The van der Waals surface area contributed by atoms with E-state index in [1.807, 2.05) is 0 Å². The molecule has 19 heavy (non-hydrogen) atoms. The normalized spacial score (nSPS) is 8.63. The number of nitrogens with one attached hydrogen (secondary N) is 2. The summed E-state index contributed by atoms with van der Waals surface area (Å²) in [6.07, 6.45) is 3.22. The minimum atomic E-state index is -0.305. The molecular formula is C12H14Cl2N4O. The lowest BCUT2D eigenvalue weighted by molar-refractivity contribution is 0.262. The van der Waals surface area contributed by atoms with Gasteiger partial charge >= 0.3 is 6.03 Å². The summed E-state index contributed by atoms with van der Waals surface area (Å²) in [6, 6.07) is 10.0. The summed E-state index contributed by atoms with van der Waals surface area (Å²) in [5, 5.41) is 5.38. The number of amides is 2. The smallest absolute Gasteiger partial charge is 0.323 e. The van der Waals surface area contributed by atoms with Crippen molar-refractivity contribution in [3.05, 3.63) is 48.8 Å². The van der Waals surface area contributed by atoms with Crippen LogP contribution in [0.2, 0.25) is 0 Å². The van der Waals surface area contributed by atoms with Crippen molar-refractivity contribution in [1.29, 1.82) is 0 Å². The van der Waals surface area contributed by atoms with Gasteiger partial charge in [-0.25, -0.2) is 4.79 Å². The van der Waals surface area contributed by atoms with Crippen LogP contribution in [0.5, 0.6) is 0 Å². The van der Waals surface area contributed by atoms with Crippen LogP contribution in [-0.2, 0) is 0 Å². The standard InChI is InChI=1S/C12H12N4O.2ClH/c13-9-1-3-10(4-2-9)15-12(17)16-11-5-7-14-8-6-11;;/h1-8H,13H2,(H2,14,15,16,17);2*1H. The Bertz CT molecular complexity index is 505. The number of urea groups is 1. The van der Waals surface area contributed by atoms with Crippen molar-refractivity contribution < 1.29 is 4.79 Å². The molecule has 0 bridgehead atoms. The molecule has 7 heteroatoms. The molecule has 0 aliphatic rings. The van der Waals surface area contributed by atoms with Gasteiger partial charge in [0, 0.05) is 29.5 Å². The molecule has 2 aromatic rings. The molecule has 0 fully saturated rings. The summed E-state index contributed by atoms with van der Waals surface area (Å²) in [5.74, 6) is 0. The van der Waals surface area contributed by atoms with Crippen molar-refractivity contribution in [3.63, 3.8) is 0 Å². The average Bonchev–Trinajstić information content (AvgIpc) is 2.33. The van der Waals surface area contributed by atoms with E-state index in [1.54, 1.807) is 48.8 Å². The number of nitrogens with two attached hydrogens (primary N) is 1. The van der Waals surface area contributed by atoms with Gasteiger partial charge in [-0.05, 0) is 36.4 Å². The van der Waals surface area contributed by atoms with Crippen LogP contribution in [-0.4, -0.2) is 11.0 Å². The fourth-order valence-electron chi connectivity index (χ4n) is 1.30. The zero-order valence-electron chi connectivity index (χ0n) is 9.87.